The SMILES string of the molecule is CCc1cccc(OCc2nc(C(=O)NCC(C)C)cs2)c1. The summed E-state index contributed by atoms with van der Waals surface area (Å²) in [5.74, 6) is 1.14. The number of nitrogens with one attached hydrogen (secondary N) is 1. The van der Waals surface area contributed by atoms with Crippen LogP contribution in [-0.4, -0.2) is 17.4 Å². The summed E-state index contributed by atoms with van der Waals surface area (Å²) in [6, 6.07) is 8.03. The molecule has 1 aromatic carbocycles. The van der Waals surface area contributed by atoms with Gasteiger partial charge in [0.2, 0.25) is 0 Å². The van der Waals surface area contributed by atoms with Crippen molar-refractivity contribution >= 4 is 17.2 Å². The van der Waals surface area contributed by atoms with Crippen molar-refractivity contribution < 1.29 is 9.53 Å². The normalized spacial score (nSPS) is 10.7. The molecule has 22 heavy (non-hydrogen) atoms. The standard InChI is InChI=1S/C17H22N2O2S/c1-4-13-6-5-7-14(8-13)21-10-16-19-15(11-22-16)17(20)18-9-12(2)3/h5-8,11-12H,4,9-10H2,1-3H3,(H,18,20). The van der Waals surface area contributed by atoms with Crippen LogP contribution < -0.4 is 10.1 Å². The molecule has 0 atom stereocenters. The van der Waals surface area contributed by atoms with Gasteiger partial charge in [-0.05, 0) is 30.0 Å². The van der Waals surface area contributed by atoms with E-state index in [4.69, 9.17) is 4.74 Å². The average molecular weight is 318 g/mol. The summed E-state index contributed by atoms with van der Waals surface area (Å²) in [6.07, 6.45) is 0.981. The van der Waals surface area contributed by atoms with E-state index in [0.29, 0.717) is 24.8 Å². The van der Waals surface area contributed by atoms with E-state index in [2.05, 4.69) is 37.1 Å². The molecular weight excluding hydrogens is 296 g/mol. The van der Waals surface area contributed by atoms with Crippen LogP contribution in [-0.2, 0) is 13.0 Å². The molecule has 4 nitrogen and oxygen atoms in total. The number of carbonyl (C=O) groups is 1. The summed E-state index contributed by atoms with van der Waals surface area (Å²) in [6.45, 7) is 7.28. The predicted molar refractivity (Wildman–Crippen MR) is 89.4 cm³/mol. The third-order valence-electron chi connectivity index (χ3n) is 3.12. The summed E-state index contributed by atoms with van der Waals surface area (Å²) >= 11 is 1.44. The Morgan fingerprint density at radius 2 is 2.23 bits per heavy atom. The summed E-state index contributed by atoms with van der Waals surface area (Å²) in [7, 11) is 0. The zero-order valence-electron chi connectivity index (χ0n) is 13.3. The first-order valence-electron chi connectivity index (χ1n) is 7.52. The maximum Gasteiger partial charge on any atom is 0.270 e. The molecule has 0 aliphatic rings. The minimum absolute atomic E-state index is 0.121. The first-order valence-corrected chi connectivity index (χ1v) is 8.40. The lowest BCUT2D eigenvalue weighted by atomic mass is 10.2. The van der Waals surface area contributed by atoms with Gasteiger partial charge < -0.3 is 10.1 Å². The van der Waals surface area contributed by atoms with Crippen LogP contribution in [0.2, 0.25) is 0 Å². The fourth-order valence-electron chi connectivity index (χ4n) is 1.87. The molecule has 2 rings (SSSR count). The molecule has 1 heterocycles. The van der Waals surface area contributed by atoms with Crippen LogP contribution in [0.4, 0.5) is 0 Å². The fraction of sp³-hybridized carbons (Fsp3) is 0.412. The highest BCUT2D eigenvalue weighted by Gasteiger charge is 2.11. The molecule has 1 amide bonds. The zero-order valence-corrected chi connectivity index (χ0v) is 14.1. The molecule has 0 bridgehead atoms. The minimum atomic E-state index is -0.121. The maximum atomic E-state index is 11.9. The van der Waals surface area contributed by atoms with Crippen molar-refractivity contribution in [3.63, 3.8) is 0 Å². The smallest absolute Gasteiger partial charge is 0.270 e. The van der Waals surface area contributed by atoms with Gasteiger partial charge in [0.05, 0.1) is 0 Å². The second kappa shape index (κ2) is 7.94. The van der Waals surface area contributed by atoms with Crippen molar-refractivity contribution in [2.75, 3.05) is 6.54 Å². The molecule has 0 spiro atoms. The van der Waals surface area contributed by atoms with Gasteiger partial charge in [0.15, 0.2) is 0 Å². The highest BCUT2D eigenvalue weighted by Crippen LogP contribution is 2.17. The number of amides is 1. The molecule has 0 saturated carbocycles. The molecule has 5 heteroatoms. The van der Waals surface area contributed by atoms with Crippen LogP contribution >= 0.6 is 11.3 Å². The third-order valence-corrected chi connectivity index (χ3v) is 3.95. The molecule has 118 valence electrons. The molecule has 0 aliphatic heterocycles. The highest BCUT2D eigenvalue weighted by molar-refractivity contribution is 7.09. The van der Waals surface area contributed by atoms with E-state index in [1.165, 1.54) is 16.9 Å². The van der Waals surface area contributed by atoms with Crippen LogP contribution in [0.15, 0.2) is 29.6 Å². The van der Waals surface area contributed by atoms with Gasteiger partial charge >= 0.3 is 0 Å². The Balaban J connectivity index is 1.90. The summed E-state index contributed by atoms with van der Waals surface area (Å²) < 4.78 is 5.74. The number of aromatic nitrogens is 1. The topological polar surface area (TPSA) is 51.2 Å². The van der Waals surface area contributed by atoms with Gasteiger partial charge in [-0.15, -0.1) is 11.3 Å². The monoisotopic (exact) mass is 318 g/mol. The number of rotatable bonds is 7. The molecule has 2 aromatic rings. The van der Waals surface area contributed by atoms with Crippen molar-refractivity contribution in [3.05, 3.63) is 45.9 Å². The van der Waals surface area contributed by atoms with Crippen molar-refractivity contribution in [3.8, 4) is 5.75 Å². The number of carbonyl (C=O) groups excluding carboxylic acids is 1. The van der Waals surface area contributed by atoms with E-state index < -0.39 is 0 Å². The van der Waals surface area contributed by atoms with E-state index in [1.807, 2.05) is 18.2 Å². The molecular formula is C17H22N2O2S. The lowest BCUT2D eigenvalue weighted by Crippen LogP contribution is -2.27. The number of benzene rings is 1. The van der Waals surface area contributed by atoms with Crippen molar-refractivity contribution in [2.45, 2.75) is 33.8 Å². The van der Waals surface area contributed by atoms with Crippen LogP contribution in [0, 0.1) is 5.92 Å². The van der Waals surface area contributed by atoms with E-state index in [0.717, 1.165) is 17.2 Å². The largest absolute Gasteiger partial charge is 0.486 e. The Morgan fingerprint density at radius 3 is 2.95 bits per heavy atom. The van der Waals surface area contributed by atoms with E-state index in [1.54, 1.807) is 5.38 Å². The first kappa shape index (κ1) is 16.5. The Morgan fingerprint density at radius 1 is 1.41 bits per heavy atom. The second-order valence-corrected chi connectivity index (χ2v) is 6.46. The summed E-state index contributed by atoms with van der Waals surface area (Å²) in [5.41, 5.74) is 1.71. The van der Waals surface area contributed by atoms with Crippen molar-refractivity contribution in [1.29, 1.82) is 0 Å². The Kier molecular flexibility index (Phi) is 5.95. The predicted octanol–water partition coefficient (Wildman–Crippen LogP) is 3.67. The van der Waals surface area contributed by atoms with Crippen molar-refractivity contribution in [2.24, 2.45) is 5.92 Å². The average Bonchev–Trinajstić information content (AvgIpc) is 3.00. The molecule has 0 aliphatic carbocycles. The van der Waals surface area contributed by atoms with Crippen LogP contribution in [0.5, 0.6) is 5.75 Å². The van der Waals surface area contributed by atoms with Gasteiger partial charge in [0, 0.05) is 11.9 Å². The van der Waals surface area contributed by atoms with E-state index in [9.17, 15) is 4.79 Å². The number of ether oxygens (including phenoxy) is 1. The van der Waals surface area contributed by atoms with E-state index >= 15 is 0 Å². The maximum absolute atomic E-state index is 11.9. The van der Waals surface area contributed by atoms with Crippen LogP contribution in [0.1, 0.15) is 41.8 Å². The van der Waals surface area contributed by atoms with Gasteiger partial charge in [-0.3, -0.25) is 4.79 Å². The highest BCUT2D eigenvalue weighted by atomic mass is 32.1. The lowest BCUT2D eigenvalue weighted by Gasteiger charge is -2.06. The Bertz CT molecular complexity index is 623. The molecule has 0 saturated heterocycles. The second-order valence-electron chi connectivity index (χ2n) is 5.52. The summed E-state index contributed by atoms with van der Waals surface area (Å²) in [4.78, 5) is 16.2. The number of thiazole rings is 1. The number of hydrogen-bond acceptors (Lipinski definition) is 4. The quantitative estimate of drug-likeness (QED) is 0.847. The molecule has 1 N–H and O–H groups in total. The third kappa shape index (κ3) is 4.84. The van der Waals surface area contributed by atoms with E-state index in [-0.39, 0.29) is 5.91 Å². The van der Waals surface area contributed by atoms with Gasteiger partial charge in [0.1, 0.15) is 23.1 Å². The van der Waals surface area contributed by atoms with Gasteiger partial charge in [-0.2, -0.15) is 0 Å². The number of aryl methyl sites for hydroxylation is 1. The van der Waals surface area contributed by atoms with Crippen LogP contribution in [0.3, 0.4) is 0 Å². The van der Waals surface area contributed by atoms with Crippen LogP contribution in [0.25, 0.3) is 0 Å². The molecule has 0 unspecified atom stereocenters. The fourth-order valence-corrected chi connectivity index (χ4v) is 2.55. The lowest BCUT2D eigenvalue weighted by molar-refractivity contribution is 0.0944. The number of hydrogen-bond donors (Lipinski definition) is 1. The molecule has 0 radical (unpaired) electrons. The van der Waals surface area contributed by atoms with Gasteiger partial charge in [-0.25, -0.2) is 4.98 Å². The number of nitrogens with zero attached hydrogens (tertiary/aromatic N) is 1. The van der Waals surface area contributed by atoms with Crippen molar-refractivity contribution in [1.82, 2.24) is 10.3 Å². The first-order chi connectivity index (χ1) is 10.6. The Hall–Kier alpha value is -1.88. The minimum Gasteiger partial charge on any atom is -0.486 e. The zero-order chi connectivity index (χ0) is 15.9. The van der Waals surface area contributed by atoms with Gasteiger partial charge in [-0.1, -0.05) is 32.9 Å². The molecule has 1 aromatic heterocycles. The Labute approximate surface area is 135 Å². The summed E-state index contributed by atoms with van der Waals surface area (Å²) in [5, 5.41) is 5.44. The van der Waals surface area contributed by atoms with Gasteiger partial charge in [0.25, 0.3) is 5.91 Å². The molecule has 0 fully saturated rings.